The second kappa shape index (κ2) is 20.6. The van der Waals surface area contributed by atoms with Gasteiger partial charge in [0.15, 0.2) is 0 Å². The van der Waals surface area contributed by atoms with Crippen molar-refractivity contribution >= 4 is 62.0 Å². The lowest BCUT2D eigenvalue weighted by Crippen LogP contribution is -2.58. The zero-order chi connectivity index (χ0) is 42.8. The van der Waals surface area contributed by atoms with Gasteiger partial charge in [-0.1, -0.05) is 65.8 Å². The van der Waals surface area contributed by atoms with E-state index in [1.165, 1.54) is 35.8 Å². The van der Waals surface area contributed by atoms with Gasteiger partial charge >= 0.3 is 0 Å². The summed E-state index contributed by atoms with van der Waals surface area (Å²) in [5.41, 5.74) is 16.6. The third-order valence-electron chi connectivity index (χ3n) is 10.5. The largest absolute Gasteiger partial charge is 0.395 e. The van der Waals surface area contributed by atoms with Gasteiger partial charge in [-0.25, -0.2) is 18.1 Å². The van der Waals surface area contributed by atoms with Crippen molar-refractivity contribution < 1.29 is 27.9 Å². The number of aliphatic hydroxyl groups is 1. The van der Waals surface area contributed by atoms with Crippen molar-refractivity contribution in [3.05, 3.63) is 107 Å². The van der Waals surface area contributed by atoms with E-state index in [-0.39, 0.29) is 44.1 Å². The Hall–Kier alpha value is -4.85. The lowest BCUT2D eigenvalue weighted by atomic mass is 9.99. The molecule has 0 unspecified atom stereocenters. The van der Waals surface area contributed by atoms with E-state index in [4.69, 9.17) is 23.1 Å². The second-order valence-electron chi connectivity index (χ2n) is 14.4. The summed E-state index contributed by atoms with van der Waals surface area (Å²) in [4.78, 5) is 52.6. The maximum Gasteiger partial charge on any atom is 0.246 e. The molecule has 0 fully saturated rings. The number of benzene rings is 3. The highest BCUT2D eigenvalue weighted by Gasteiger charge is 2.33. The molecule has 0 saturated carbocycles. The minimum atomic E-state index is -3.88. The fourth-order valence-electron chi connectivity index (χ4n) is 7.18. The molecule has 6 rings (SSSR count). The van der Waals surface area contributed by atoms with E-state index in [0.29, 0.717) is 57.4 Å². The van der Waals surface area contributed by atoms with Crippen LogP contribution in [0.5, 0.6) is 0 Å². The highest BCUT2D eigenvalue weighted by molar-refractivity contribution is 7.99. The van der Waals surface area contributed by atoms with E-state index in [0.717, 1.165) is 22.0 Å². The standard InChI is InChI=1S/C42H50ClN9O6S2/c1-52-37(17-12-27-23-47-34-8-3-2-7-31(27)34)40(55)49-25-32-30(26-10-13-29(14-11-26)60(57,58)50-20-21-53)15-16-33(43)38(32)59-41-28(6-5-19-46-41)24-48-35(9-4-18-44)39(54)51-36(22-45)42(52)56/h2-3,5-8,10-11,13-16,19,23,35-37,47-48,50,53H,4,9,12,17-18,20-22,24-25,44-45H2,1H3,(H,49,55)(H,51,54)/t35-,36-,37-/m0/s1. The Bertz CT molecular complexity index is 2410. The lowest BCUT2D eigenvalue weighted by Gasteiger charge is -2.31. The lowest BCUT2D eigenvalue weighted by molar-refractivity contribution is -0.142. The number of carbonyl (C=O) groups is 3. The van der Waals surface area contributed by atoms with Gasteiger partial charge in [0.25, 0.3) is 0 Å². The van der Waals surface area contributed by atoms with Crippen molar-refractivity contribution in [1.29, 1.82) is 0 Å². The number of hydrogen-bond acceptors (Lipinski definition) is 11. The van der Waals surface area contributed by atoms with Crippen molar-refractivity contribution in [2.45, 2.75) is 71.7 Å². The smallest absolute Gasteiger partial charge is 0.246 e. The van der Waals surface area contributed by atoms with Gasteiger partial charge in [0, 0.05) is 61.4 Å². The third-order valence-corrected chi connectivity index (χ3v) is 13.6. The summed E-state index contributed by atoms with van der Waals surface area (Å²) in [7, 11) is -2.34. The summed E-state index contributed by atoms with van der Waals surface area (Å²) >= 11 is 8.30. The van der Waals surface area contributed by atoms with Crippen LogP contribution in [-0.2, 0) is 43.9 Å². The average molecular weight is 877 g/mol. The van der Waals surface area contributed by atoms with Gasteiger partial charge in [-0.2, -0.15) is 0 Å². The molecule has 3 amide bonds. The van der Waals surface area contributed by atoms with E-state index in [2.05, 4.69) is 30.6 Å². The predicted molar refractivity (Wildman–Crippen MR) is 232 cm³/mol. The van der Waals surface area contributed by atoms with Gasteiger partial charge in [-0.05, 0) is 90.4 Å². The van der Waals surface area contributed by atoms with Gasteiger partial charge in [-0.3, -0.25) is 14.4 Å². The van der Waals surface area contributed by atoms with Crippen molar-refractivity contribution in [2.75, 3.05) is 33.3 Å². The van der Waals surface area contributed by atoms with Crippen LogP contribution < -0.4 is 32.1 Å². The molecule has 10 N–H and O–H groups in total. The van der Waals surface area contributed by atoms with Crippen LogP contribution in [0.4, 0.5) is 0 Å². The molecule has 5 aromatic rings. The number of aryl methyl sites for hydroxylation is 1. The first-order chi connectivity index (χ1) is 28.9. The van der Waals surface area contributed by atoms with Gasteiger partial charge in [0.05, 0.1) is 22.6 Å². The van der Waals surface area contributed by atoms with Crippen molar-refractivity contribution in [3.8, 4) is 11.1 Å². The Morgan fingerprint density at radius 3 is 2.50 bits per heavy atom. The molecule has 0 saturated heterocycles. The molecule has 3 heterocycles. The molecule has 3 aromatic carbocycles. The number of nitrogens with zero attached hydrogens (tertiary/aromatic N) is 2. The molecule has 1 aliphatic rings. The summed E-state index contributed by atoms with van der Waals surface area (Å²) in [5.74, 6) is -1.40. The van der Waals surface area contributed by atoms with Crippen LogP contribution in [0, 0.1) is 0 Å². The highest BCUT2D eigenvalue weighted by Crippen LogP contribution is 2.41. The monoisotopic (exact) mass is 875 g/mol. The highest BCUT2D eigenvalue weighted by atomic mass is 35.5. The fourth-order valence-corrected chi connectivity index (χ4v) is 9.54. The summed E-state index contributed by atoms with van der Waals surface area (Å²) in [6, 6.07) is 18.5. The minimum absolute atomic E-state index is 0.0142. The van der Waals surface area contributed by atoms with Crippen LogP contribution in [-0.4, -0.2) is 97.5 Å². The Morgan fingerprint density at radius 2 is 1.75 bits per heavy atom. The van der Waals surface area contributed by atoms with E-state index in [1.54, 1.807) is 36.5 Å². The van der Waals surface area contributed by atoms with Crippen molar-refractivity contribution in [3.63, 3.8) is 0 Å². The number of hydrogen-bond donors (Lipinski definition) is 8. The molecule has 0 radical (unpaired) electrons. The Labute approximate surface area is 358 Å². The van der Waals surface area contributed by atoms with E-state index < -0.39 is 45.9 Å². The SMILES string of the molecule is CN1C(=O)[C@H](CN)NC(=O)[C@H](CCCN)NCc2cccnc2Sc2c(Cl)ccc(-c3ccc(S(=O)(=O)NCCO)cc3)c2CNC(=O)[C@@H]1CCc1c[nH]c2ccccc12. The molecule has 3 atom stereocenters. The number of likely N-dealkylation sites (N-methyl/N-ethyl adjacent to an activating group) is 1. The quantitative estimate of drug-likeness (QED) is 0.0907. The maximum atomic E-state index is 14.6. The zero-order valence-corrected chi connectivity index (χ0v) is 35.5. The molecule has 2 aromatic heterocycles. The topological polar surface area (TPSA) is 238 Å². The Balaban J connectivity index is 1.44. The summed E-state index contributed by atoms with van der Waals surface area (Å²) < 4.78 is 28.0. The van der Waals surface area contributed by atoms with Crippen LogP contribution >= 0.6 is 23.4 Å². The number of amides is 3. The van der Waals surface area contributed by atoms with Crippen LogP contribution in [0.2, 0.25) is 5.02 Å². The number of rotatable bonds is 12. The van der Waals surface area contributed by atoms with E-state index >= 15 is 0 Å². The van der Waals surface area contributed by atoms with Crippen LogP contribution in [0.25, 0.3) is 22.0 Å². The molecule has 60 heavy (non-hydrogen) atoms. The number of nitrogens with one attached hydrogen (secondary N) is 5. The van der Waals surface area contributed by atoms with Crippen LogP contribution in [0.15, 0.2) is 100 Å². The van der Waals surface area contributed by atoms with Gasteiger partial charge < -0.3 is 42.4 Å². The minimum Gasteiger partial charge on any atom is -0.395 e. The maximum absolute atomic E-state index is 14.6. The van der Waals surface area contributed by atoms with Crippen LogP contribution in [0.3, 0.4) is 0 Å². The Kier molecular flexibility index (Phi) is 15.4. The Morgan fingerprint density at radius 1 is 0.967 bits per heavy atom. The van der Waals surface area contributed by atoms with E-state index in [1.807, 2.05) is 36.5 Å². The number of fused-ring (bicyclic) bond motifs is 3. The average Bonchev–Trinajstić information content (AvgIpc) is 3.67. The summed E-state index contributed by atoms with van der Waals surface area (Å²) in [5, 5.41) is 20.4. The molecule has 0 aliphatic carbocycles. The number of H-pyrrole nitrogens is 1. The summed E-state index contributed by atoms with van der Waals surface area (Å²) in [6.45, 7) is -0.124. The molecular formula is C42H50ClN9O6S2. The number of aromatic amines is 1. The zero-order valence-electron chi connectivity index (χ0n) is 33.1. The molecule has 0 spiro atoms. The number of aliphatic hydroxyl groups excluding tert-OH is 1. The first-order valence-corrected chi connectivity index (χ1v) is 22.3. The normalized spacial score (nSPS) is 18.4. The van der Waals surface area contributed by atoms with Crippen LogP contribution in [0.1, 0.15) is 36.0 Å². The summed E-state index contributed by atoms with van der Waals surface area (Å²) in [6.07, 6.45) is 5.16. The molecule has 318 valence electrons. The number of halogens is 1. The number of carbonyl (C=O) groups excluding carboxylic acids is 3. The van der Waals surface area contributed by atoms with Gasteiger partial charge in [0.2, 0.25) is 27.7 Å². The molecular weight excluding hydrogens is 826 g/mol. The first kappa shape index (κ1) is 44.7. The predicted octanol–water partition coefficient (Wildman–Crippen LogP) is 3.04. The number of para-hydroxylation sites is 1. The molecule has 0 bridgehead atoms. The van der Waals surface area contributed by atoms with E-state index in [9.17, 15) is 27.9 Å². The number of pyridine rings is 1. The molecule has 1 aliphatic heterocycles. The van der Waals surface area contributed by atoms with Gasteiger partial charge in [-0.15, -0.1) is 0 Å². The second-order valence-corrected chi connectivity index (χ2v) is 17.5. The first-order valence-electron chi connectivity index (χ1n) is 19.6. The fraction of sp³-hybridized carbons (Fsp3) is 0.333. The van der Waals surface area contributed by atoms with Gasteiger partial charge in [0.1, 0.15) is 17.1 Å². The number of nitrogens with two attached hydrogens (primary N) is 2. The molecule has 15 nitrogen and oxygen atoms in total. The van der Waals surface area contributed by atoms with Crippen molar-refractivity contribution in [1.82, 2.24) is 35.5 Å². The third kappa shape index (κ3) is 10.5. The number of aromatic nitrogens is 2. The van der Waals surface area contributed by atoms with Crippen molar-refractivity contribution in [2.24, 2.45) is 11.5 Å². The number of sulfonamides is 1. The molecule has 18 heteroatoms.